The van der Waals surface area contributed by atoms with Gasteiger partial charge >= 0.3 is 0 Å². The van der Waals surface area contributed by atoms with Crippen molar-refractivity contribution in [2.75, 3.05) is 0 Å². The number of phenolic OH excluding ortho intramolecular Hbond substituents is 2. The lowest BCUT2D eigenvalue weighted by Crippen LogP contribution is -2.32. The van der Waals surface area contributed by atoms with E-state index in [1.807, 2.05) is 0 Å². The molecule has 2 aromatic rings. The average molecular weight is 437 g/mol. The van der Waals surface area contributed by atoms with E-state index in [4.69, 9.17) is 0 Å². The van der Waals surface area contributed by atoms with Crippen LogP contribution in [0.2, 0.25) is 0 Å². The van der Waals surface area contributed by atoms with Crippen molar-refractivity contribution in [2.24, 2.45) is 0 Å². The summed E-state index contributed by atoms with van der Waals surface area (Å²) < 4.78 is 0. The van der Waals surface area contributed by atoms with Crippen LogP contribution in [0, 0.1) is 0 Å². The van der Waals surface area contributed by atoms with Crippen LogP contribution in [0.25, 0.3) is 0 Å². The zero-order valence-corrected chi connectivity index (χ0v) is 21.7. The highest BCUT2D eigenvalue weighted by Gasteiger charge is 2.42. The molecule has 0 radical (unpaired) electrons. The molecule has 0 atom stereocenters. The van der Waals surface area contributed by atoms with E-state index in [0.29, 0.717) is 11.5 Å². The molecule has 0 unspecified atom stereocenters. The zero-order chi connectivity index (χ0) is 23.9. The Balaban J connectivity index is 2.41. The fourth-order valence-corrected chi connectivity index (χ4v) is 5.51. The summed E-state index contributed by atoms with van der Waals surface area (Å²) in [4.78, 5) is 0. The van der Waals surface area contributed by atoms with E-state index in [1.54, 1.807) is 0 Å². The molecule has 2 N–H and O–H groups in total. The Morgan fingerprint density at radius 1 is 0.656 bits per heavy atom. The zero-order valence-electron chi connectivity index (χ0n) is 21.7. The van der Waals surface area contributed by atoms with Crippen molar-refractivity contribution < 1.29 is 10.2 Å². The maximum Gasteiger partial charge on any atom is 0.123 e. The van der Waals surface area contributed by atoms with Gasteiger partial charge in [-0.25, -0.2) is 0 Å². The summed E-state index contributed by atoms with van der Waals surface area (Å²) in [5.74, 6) is 0.852. The van der Waals surface area contributed by atoms with Crippen LogP contribution in [0.5, 0.6) is 11.5 Å². The first-order valence-electron chi connectivity index (χ1n) is 12.6. The highest BCUT2D eigenvalue weighted by molar-refractivity contribution is 5.59. The van der Waals surface area contributed by atoms with E-state index >= 15 is 0 Å². The molecule has 3 rings (SSSR count). The molecule has 0 heterocycles. The van der Waals surface area contributed by atoms with Gasteiger partial charge in [0.25, 0.3) is 0 Å². The van der Waals surface area contributed by atoms with Gasteiger partial charge in [-0.05, 0) is 58.8 Å². The maximum atomic E-state index is 11.7. The number of aromatic hydroxyl groups is 2. The smallest absolute Gasteiger partial charge is 0.123 e. The third-order valence-corrected chi connectivity index (χ3v) is 7.51. The van der Waals surface area contributed by atoms with Crippen LogP contribution in [0.3, 0.4) is 0 Å². The molecule has 32 heavy (non-hydrogen) atoms. The maximum absolute atomic E-state index is 11.7. The number of aryl methyl sites for hydroxylation is 2. The second kappa shape index (κ2) is 8.76. The highest BCUT2D eigenvalue weighted by atomic mass is 16.3. The fraction of sp³-hybridized carbons (Fsp3) is 0.600. The Labute approximate surface area is 196 Å². The van der Waals surface area contributed by atoms with E-state index in [1.165, 1.54) is 17.5 Å². The lowest BCUT2D eigenvalue weighted by Gasteiger charge is -2.41. The molecule has 0 saturated heterocycles. The number of hydrogen-bond acceptors (Lipinski definition) is 2. The van der Waals surface area contributed by atoms with E-state index in [-0.39, 0.29) is 16.2 Å². The number of benzene rings is 2. The van der Waals surface area contributed by atoms with Gasteiger partial charge in [-0.3, -0.25) is 0 Å². The Morgan fingerprint density at radius 3 is 1.34 bits per heavy atom. The minimum atomic E-state index is -0.358. The van der Waals surface area contributed by atoms with Crippen molar-refractivity contribution in [3.63, 3.8) is 0 Å². The Hall–Kier alpha value is -1.96. The summed E-state index contributed by atoms with van der Waals surface area (Å²) >= 11 is 0. The van der Waals surface area contributed by atoms with E-state index < -0.39 is 0 Å². The summed E-state index contributed by atoms with van der Waals surface area (Å²) in [7, 11) is 0. The minimum absolute atomic E-state index is 0.149. The van der Waals surface area contributed by atoms with Crippen molar-refractivity contribution >= 4 is 0 Å². The molecule has 0 aliphatic heterocycles. The molecule has 1 aliphatic rings. The van der Waals surface area contributed by atoms with Gasteiger partial charge in [-0.2, -0.15) is 0 Å². The largest absolute Gasteiger partial charge is 0.507 e. The van der Waals surface area contributed by atoms with Gasteiger partial charge in [-0.1, -0.05) is 98.9 Å². The van der Waals surface area contributed by atoms with Gasteiger partial charge in [0.1, 0.15) is 11.5 Å². The van der Waals surface area contributed by atoms with Gasteiger partial charge in [0.2, 0.25) is 0 Å². The van der Waals surface area contributed by atoms with Gasteiger partial charge in [0, 0.05) is 16.5 Å². The van der Waals surface area contributed by atoms with E-state index in [2.05, 4.69) is 79.7 Å². The average Bonchev–Trinajstić information content (AvgIpc) is 2.73. The highest BCUT2D eigenvalue weighted by Crippen LogP contribution is 2.54. The molecule has 1 saturated carbocycles. The third-order valence-electron chi connectivity index (χ3n) is 7.51. The SMILES string of the molecule is CCc1cc(C(C)(C)C)c(O)c(C2(c3cc(CC)cc(C(C)(C)C)c3O)CCCCC2)c1. The van der Waals surface area contributed by atoms with Crippen LogP contribution in [0.15, 0.2) is 24.3 Å². The molecule has 0 bridgehead atoms. The van der Waals surface area contributed by atoms with Gasteiger partial charge in [0.05, 0.1) is 0 Å². The van der Waals surface area contributed by atoms with Gasteiger partial charge in [0.15, 0.2) is 0 Å². The summed E-state index contributed by atoms with van der Waals surface area (Å²) in [5, 5.41) is 23.4. The van der Waals surface area contributed by atoms with Crippen molar-refractivity contribution in [3.8, 4) is 11.5 Å². The molecule has 2 nitrogen and oxygen atoms in total. The van der Waals surface area contributed by atoms with Crippen molar-refractivity contribution in [3.05, 3.63) is 57.6 Å². The number of phenols is 2. The van der Waals surface area contributed by atoms with Crippen LogP contribution in [0.4, 0.5) is 0 Å². The van der Waals surface area contributed by atoms with Crippen molar-refractivity contribution in [2.45, 2.75) is 117 Å². The predicted molar refractivity (Wildman–Crippen MR) is 136 cm³/mol. The summed E-state index contributed by atoms with van der Waals surface area (Å²) in [6.45, 7) is 17.4. The quantitative estimate of drug-likeness (QED) is 0.508. The van der Waals surface area contributed by atoms with E-state index in [0.717, 1.165) is 60.8 Å². The molecule has 2 heteroatoms. The molecule has 2 aromatic carbocycles. The fourth-order valence-electron chi connectivity index (χ4n) is 5.51. The Morgan fingerprint density at radius 2 is 1.03 bits per heavy atom. The monoisotopic (exact) mass is 436 g/mol. The van der Waals surface area contributed by atoms with Crippen LogP contribution in [-0.4, -0.2) is 10.2 Å². The number of hydrogen-bond donors (Lipinski definition) is 2. The second-order valence-corrected chi connectivity index (χ2v) is 11.9. The molecule has 0 amide bonds. The molecule has 176 valence electrons. The molecular formula is C30H44O2. The first kappa shape index (κ1) is 24.7. The lowest BCUT2D eigenvalue weighted by atomic mass is 9.62. The standard InChI is InChI=1S/C30H44O2/c1-9-20-16-22(28(3,4)5)26(31)24(18-20)30(14-12-11-13-15-30)25-19-21(10-2)17-23(27(25)32)29(6,7)8/h16-19,31-32H,9-15H2,1-8H3. The molecule has 1 aliphatic carbocycles. The summed E-state index contributed by atoms with van der Waals surface area (Å²) in [6.07, 6.45) is 7.22. The van der Waals surface area contributed by atoms with Gasteiger partial charge < -0.3 is 10.2 Å². The summed E-state index contributed by atoms with van der Waals surface area (Å²) in [6, 6.07) is 8.81. The predicted octanol–water partition coefficient (Wildman–Crippen LogP) is 8.07. The van der Waals surface area contributed by atoms with Crippen molar-refractivity contribution in [1.82, 2.24) is 0 Å². The topological polar surface area (TPSA) is 40.5 Å². The Kier molecular flexibility index (Phi) is 6.76. The Bertz CT molecular complexity index is 890. The molecular weight excluding hydrogens is 392 g/mol. The second-order valence-electron chi connectivity index (χ2n) is 11.9. The minimum Gasteiger partial charge on any atom is -0.507 e. The molecule has 1 fully saturated rings. The van der Waals surface area contributed by atoms with E-state index in [9.17, 15) is 10.2 Å². The normalized spacial score (nSPS) is 16.9. The van der Waals surface area contributed by atoms with Crippen LogP contribution < -0.4 is 0 Å². The lowest BCUT2D eigenvalue weighted by molar-refractivity contribution is 0.316. The number of rotatable bonds is 4. The van der Waals surface area contributed by atoms with Gasteiger partial charge in [-0.15, -0.1) is 0 Å². The first-order chi connectivity index (χ1) is 14.8. The van der Waals surface area contributed by atoms with Crippen LogP contribution >= 0.6 is 0 Å². The molecule has 0 aromatic heterocycles. The van der Waals surface area contributed by atoms with Crippen LogP contribution in [-0.2, 0) is 29.1 Å². The summed E-state index contributed by atoms with van der Waals surface area (Å²) in [5.41, 5.74) is 5.92. The first-order valence-corrected chi connectivity index (χ1v) is 12.6. The van der Waals surface area contributed by atoms with Crippen LogP contribution in [0.1, 0.15) is 121 Å². The third kappa shape index (κ3) is 4.43. The molecule has 0 spiro atoms. The van der Waals surface area contributed by atoms with Crippen molar-refractivity contribution in [1.29, 1.82) is 0 Å².